The minimum absolute atomic E-state index is 0.0330. The summed E-state index contributed by atoms with van der Waals surface area (Å²) >= 11 is 0. The predicted molar refractivity (Wildman–Crippen MR) is 115 cm³/mol. The highest BCUT2D eigenvalue weighted by Gasteiger charge is 2.53. The molecule has 2 aromatic carbocycles. The molecule has 1 aliphatic rings. The Labute approximate surface area is 165 Å². The Morgan fingerprint density at radius 2 is 1.33 bits per heavy atom. The Balaban J connectivity index is 1.70. The molecule has 0 saturated carbocycles. The maximum absolute atomic E-state index is 6.39. The van der Waals surface area contributed by atoms with Crippen molar-refractivity contribution in [2.45, 2.75) is 52.8 Å². The Kier molecular flexibility index (Phi) is 6.04. The molecule has 3 rings (SSSR count). The molecule has 3 heteroatoms. The molecule has 0 heterocycles. The summed E-state index contributed by atoms with van der Waals surface area (Å²) in [6.07, 6.45) is 0.0330. The number of ether oxygens (including phenoxy) is 2. The first kappa shape index (κ1) is 20.1. The second kappa shape index (κ2) is 8.13. The fourth-order valence-corrected chi connectivity index (χ4v) is 7.48. The lowest BCUT2D eigenvalue weighted by atomic mass is 10.0. The fourth-order valence-electron chi connectivity index (χ4n) is 4.25. The molecule has 27 heavy (non-hydrogen) atoms. The van der Waals surface area contributed by atoms with E-state index in [0.29, 0.717) is 19.8 Å². The summed E-state index contributed by atoms with van der Waals surface area (Å²) in [6, 6.07) is 20.8. The molecule has 0 radical (unpaired) electrons. The third-order valence-corrected chi connectivity index (χ3v) is 7.65. The molecule has 1 unspecified atom stereocenters. The lowest BCUT2D eigenvalue weighted by Crippen LogP contribution is -2.22. The van der Waals surface area contributed by atoms with E-state index >= 15 is 0 Å². The number of benzene rings is 2. The van der Waals surface area contributed by atoms with Crippen LogP contribution in [0.3, 0.4) is 0 Å². The smallest absolute Gasteiger partial charge is 0.103 e. The van der Waals surface area contributed by atoms with Gasteiger partial charge in [0.15, 0.2) is 0 Å². The van der Waals surface area contributed by atoms with Crippen LogP contribution in [-0.2, 0) is 22.7 Å². The van der Waals surface area contributed by atoms with Gasteiger partial charge < -0.3 is 9.47 Å². The van der Waals surface area contributed by atoms with Gasteiger partial charge in [-0.05, 0) is 16.7 Å². The monoisotopic (exact) mass is 380 g/mol. The number of hydrogen-bond acceptors (Lipinski definition) is 2. The van der Waals surface area contributed by atoms with E-state index in [2.05, 4.69) is 82.0 Å². The van der Waals surface area contributed by atoms with Crippen molar-refractivity contribution in [1.29, 1.82) is 0 Å². The van der Waals surface area contributed by atoms with Crippen molar-refractivity contribution < 1.29 is 9.47 Å². The molecule has 1 aliphatic carbocycles. The zero-order valence-electron chi connectivity index (χ0n) is 17.3. The first-order chi connectivity index (χ1) is 12.8. The van der Waals surface area contributed by atoms with Crippen molar-refractivity contribution in [1.82, 2.24) is 0 Å². The predicted octanol–water partition coefficient (Wildman–Crippen LogP) is 6.00. The van der Waals surface area contributed by atoms with E-state index in [-0.39, 0.29) is 11.5 Å². The zero-order valence-corrected chi connectivity index (χ0v) is 18.3. The van der Waals surface area contributed by atoms with Crippen LogP contribution < -0.4 is 0 Å². The van der Waals surface area contributed by atoms with Gasteiger partial charge in [-0.25, -0.2) is 0 Å². The van der Waals surface area contributed by atoms with Crippen LogP contribution in [0.5, 0.6) is 0 Å². The van der Waals surface area contributed by atoms with Crippen molar-refractivity contribution in [3.63, 3.8) is 0 Å². The largest absolute Gasteiger partial charge is 0.374 e. The Bertz CT molecular complexity index is 773. The van der Waals surface area contributed by atoms with E-state index < -0.39 is 8.07 Å². The van der Waals surface area contributed by atoms with Gasteiger partial charge in [-0.2, -0.15) is 0 Å². The Morgan fingerprint density at radius 1 is 0.815 bits per heavy atom. The van der Waals surface area contributed by atoms with Crippen LogP contribution in [0.1, 0.15) is 25.0 Å². The standard InChI is InChI=1S/C24H32O2Si/c1-24(2)22(23(24)27(3,4)5)21(26-17-20-14-10-7-11-15-20)18-25-16-19-12-8-6-9-13-19/h6-15,21H,16-18H2,1-5H3. The van der Waals surface area contributed by atoms with Crippen LogP contribution in [0.25, 0.3) is 0 Å². The molecule has 2 nitrogen and oxygen atoms in total. The summed E-state index contributed by atoms with van der Waals surface area (Å²) in [5.41, 5.74) is 4.07. The molecule has 0 amide bonds. The van der Waals surface area contributed by atoms with E-state index in [1.54, 1.807) is 5.20 Å². The van der Waals surface area contributed by atoms with Crippen LogP contribution in [0.2, 0.25) is 19.6 Å². The summed E-state index contributed by atoms with van der Waals surface area (Å²) in [4.78, 5) is 0. The summed E-state index contributed by atoms with van der Waals surface area (Å²) in [6.45, 7) is 13.8. The quantitative estimate of drug-likeness (QED) is 0.497. The third-order valence-electron chi connectivity index (χ3n) is 5.25. The molecule has 144 valence electrons. The van der Waals surface area contributed by atoms with Gasteiger partial charge in [0.1, 0.15) is 6.10 Å². The molecule has 0 fully saturated rings. The highest BCUT2D eigenvalue weighted by molar-refractivity contribution is 6.84. The average molecular weight is 381 g/mol. The first-order valence-corrected chi connectivity index (χ1v) is 13.3. The Hall–Kier alpha value is -1.68. The lowest BCUT2D eigenvalue weighted by Gasteiger charge is -2.19. The maximum atomic E-state index is 6.39. The normalized spacial score (nSPS) is 17.1. The number of rotatable bonds is 9. The molecule has 0 spiro atoms. The molecule has 0 N–H and O–H groups in total. The third kappa shape index (κ3) is 4.98. The lowest BCUT2D eigenvalue weighted by molar-refractivity contribution is -0.0118. The van der Waals surface area contributed by atoms with Gasteiger partial charge >= 0.3 is 0 Å². The second-order valence-corrected chi connectivity index (χ2v) is 13.9. The van der Waals surface area contributed by atoms with Gasteiger partial charge in [-0.1, -0.05) is 99.3 Å². The van der Waals surface area contributed by atoms with Crippen LogP contribution in [-0.4, -0.2) is 20.8 Å². The zero-order chi connectivity index (χ0) is 19.5. The summed E-state index contributed by atoms with van der Waals surface area (Å²) < 4.78 is 12.5. The molecule has 2 aromatic rings. The van der Waals surface area contributed by atoms with Crippen LogP contribution in [0.15, 0.2) is 71.4 Å². The average Bonchev–Trinajstić information content (AvgIpc) is 3.22. The second-order valence-electron chi connectivity index (χ2n) is 8.95. The summed E-state index contributed by atoms with van der Waals surface area (Å²) in [7, 11) is -1.35. The number of allylic oxidation sites excluding steroid dienone is 1. The van der Waals surface area contributed by atoms with Crippen LogP contribution >= 0.6 is 0 Å². The van der Waals surface area contributed by atoms with Gasteiger partial charge in [-0.15, -0.1) is 0 Å². The number of hydrogen-bond donors (Lipinski definition) is 0. The van der Waals surface area contributed by atoms with Crippen LogP contribution in [0.4, 0.5) is 0 Å². The maximum Gasteiger partial charge on any atom is 0.103 e. The van der Waals surface area contributed by atoms with E-state index in [0.717, 1.165) is 0 Å². The van der Waals surface area contributed by atoms with Crippen molar-refractivity contribution in [2.24, 2.45) is 5.41 Å². The molecule has 0 aliphatic heterocycles. The van der Waals surface area contributed by atoms with Gasteiger partial charge in [0.2, 0.25) is 0 Å². The van der Waals surface area contributed by atoms with Gasteiger partial charge in [0.05, 0.1) is 27.9 Å². The topological polar surface area (TPSA) is 18.5 Å². The highest BCUT2D eigenvalue weighted by Crippen LogP contribution is 2.58. The fraction of sp³-hybridized carbons (Fsp3) is 0.417. The molecule has 0 aromatic heterocycles. The van der Waals surface area contributed by atoms with E-state index in [9.17, 15) is 0 Å². The van der Waals surface area contributed by atoms with Crippen molar-refractivity contribution in [2.75, 3.05) is 6.61 Å². The molecular weight excluding hydrogens is 348 g/mol. The highest BCUT2D eigenvalue weighted by atomic mass is 28.3. The SMILES string of the molecule is CC1(C)C(C(COCc2ccccc2)OCc2ccccc2)=C1[Si](C)(C)C. The van der Waals surface area contributed by atoms with Gasteiger partial charge in [-0.3, -0.25) is 0 Å². The van der Waals surface area contributed by atoms with Gasteiger partial charge in [0, 0.05) is 5.41 Å². The van der Waals surface area contributed by atoms with Gasteiger partial charge in [0.25, 0.3) is 0 Å². The molecule has 0 saturated heterocycles. The summed E-state index contributed by atoms with van der Waals surface area (Å²) in [5.74, 6) is 0. The molecule has 0 bridgehead atoms. The van der Waals surface area contributed by atoms with Crippen molar-refractivity contribution >= 4 is 8.07 Å². The Morgan fingerprint density at radius 3 is 1.81 bits per heavy atom. The van der Waals surface area contributed by atoms with Crippen molar-refractivity contribution in [3.8, 4) is 0 Å². The minimum Gasteiger partial charge on any atom is -0.374 e. The van der Waals surface area contributed by atoms with Crippen molar-refractivity contribution in [3.05, 3.63) is 82.6 Å². The summed E-state index contributed by atoms with van der Waals surface area (Å²) in [5, 5.41) is 1.65. The van der Waals surface area contributed by atoms with E-state index in [1.165, 1.54) is 16.7 Å². The molecule has 1 atom stereocenters. The van der Waals surface area contributed by atoms with E-state index in [4.69, 9.17) is 9.47 Å². The van der Waals surface area contributed by atoms with Crippen LogP contribution in [0, 0.1) is 5.41 Å². The molecular formula is C24H32O2Si. The first-order valence-electron chi connectivity index (χ1n) is 9.83. The van der Waals surface area contributed by atoms with E-state index in [1.807, 2.05) is 12.1 Å². The minimum atomic E-state index is -1.35.